The minimum Gasteiger partial charge on any atom is -0.497 e. The van der Waals surface area contributed by atoms with E-state index >= 15 is 0 Å². The molecule has 0 aliphatic carbocycles. The van der Waals surface area contributed by atoms with E-state index in [-0.39, 0.29) is 12.2 Å². The van der Waals surface area contributed by atoms with E-state index in [0.29, 0.717) is 12.2 Å². The zero-order chi connectivity index (χ0) is 17.8. The van der Waals surface area contributed by atoms with Crippen LogP contribution in [0.15, 0.2) is 47.5 Å². The van der Waals surface area contributed by atoms with Crippen molar-refractivity contribution in [1.29, 1.82) is 0 Å². The molecule has 0 aliphatic rings. The summed E-state index contributed by atoms with van der Waals surface area (Å²) in [5.74, 6) is 0.165. The summed E-state index contributed by atoms with van der Waals surface area (Å²) >= 11 is 0. The molecular weight excluding hydrogens is 322 g/mol. The van der Waals surface area contributed by atoms with Crippen LogP contribution in [0.3, 0.4) is 0 Å². The molecule has 3 rings (SSSR count). The number of methoxy groups -OCH3 is 1. The lowest BCUT2D eigenvalue weighted by atomic mass is 10.1. The summed E-state index contributed by atoms with van der Waals surface area (Å²) < 4.78 is 13.2. The van der Waals surface area contributed by atoms with Crippen LogP contribution in [0.1, 0.15) is 22.8 Å². The second-order valence-electron chi connectivity index (χ2n) is 5.46. The Morgan fingerprint density at radius 2 is 1.96 bits per heavy atom. The van der Waals surface area contributed by atoms with Crippen LogP contribution in [0.4, 0.5) is 0 Å². The van der Waals surface area contributed by atoms with E-state index in [1.807, 2.05) is 28.8 Å². The number of carbonyl (C=O) groups excluding carboxylic acids is 1. The molecule has 7 nitrogen and oxygen atoms in total. The number of hydrogen-bond donors (Lipinski definition) is 0. The first-order valence-corrected chi connectivity index (χ1v) is 8.01. The number of carbonyl (C=O) groups is 1. The highest BCUT2D eigenvalue weighted by Gasteiger charge is 2.17. The molecule has 0 spiro atoms. The number of aromatic nitrogens is 3. The fourth-order valence-corrected chi connectivity index (χ4v) is 2.63. The number of aryl methyl sites for hydroxylation is 2. The van der Waals surface area contributed by atoms with Gasteiger partial charge in [-0.25, -0.2) is 4.79 Å². The molecule has 0 saturated carbocycles. The van der Waals surface area contributed by atoms with E-state index in [1.54, 1.807) is 26.3 Å². The average Bonchev–Trinajstić information content (AvgIpc) is 3.12. The Balaban J connectivity index is 1.91. The third kappa shape index (κ3) is 3.40. The third-order valence-electron chi connectivity index (χ3n) is 3.92. The van der Waals surface area contributed by atoms with Gasteiger partial charge in [-0.15, -0.1) is 0 Å². The molecule has 3 aromatic rings. The van der Waals surface area contributed by atoms with Gasteiger partial charge in [0, 0.05) is 18.8 Å². The zero-order valence-corrected chi connectivity index (χ0v) is 14.1. The maximum atomic E-state index is 12.4. The Kier molecular flexibility index (Phi) is 4.83. The Bertz CT molecular complexity index is 941. The minimum absolute atomic E-state index is 0.0206. The van der Waals surface area contributed by atoms with Gasteiger partial charge in [-0.1, -0.05) is 12.1 Å². The summed E-state index contributed by atoms with van der Waals surface area (Å²) in [5.41, 5.74) is 1.26. The molecule has 0 N–H and O–H groups in total. The maximum Gasteiger partial charge on any atom is 0.345 e. The van der Waals surface area contributed by atoms with Crippen LogP contribution < -0.4 is 10.3 Å². The van der Waals surface area contributed by atoms with Crippen molar-refractivity contribution in [2.45, 2.75) is 19.9 Å². The third-order valence-corrected chi connectivity index (χ3v) is 3.92. The van der Waals surface area contributed by atoms with Gasteiger partial charge >= 0.3 is 5.97 Å². The SMILES string of the molecule is CCOC(=O)c1cn(CCc2ccc(OC)cc2)c2ccnn2c1=O. The molecule has 0 bridgehead atoms. The summed E-state index contributed by atoms with van der Waals surface area (Å²) in [7, 11) is 1.63. The average molecular weight is 341 g/mol. The van der Waals surface area contributed by atoms with Crippen LogP contribution in [0.5, 0.6) is 5.75 Å². The standard InChI is InChI=1S/C18H19N3O4/c1-3-25-18(23)15-12-20(16-8-10-19-21(16)17(15)22)11-9-13-4-6-14(24-2)7-5-13/h4-8,10,12H,3,9,11H2,1-2H3. The van der Waals surface area contributed by atoms with Gasteiger partial charge in [0.25, 0.3) is 5.56 Å². The van der Waals surface area contributed by atoms with Crippen LogP contribution in [-0.2, 0) is 17.7 Å². The lowest BCUT2D eigenvalue weighted by Gasteiger charge is -2.11. The van der Waals surface area contributed by atoms with E-state index in [2.05, 4.69) is 5.10 Å². The molecule has 2 aromatic heterocycles. The predicted octanol–water partition coefficient (Wildman–Crippen LogP) is 1.92. The number of benzene rings is 1. The van der Waals surface area contributed by atoms with Gasteiger partial charge in [-0.2, -0.15) is 9.61 Å². The Morgan fingerprint density at radius 3 is 2.64 bits per heavy atom. The van der Waals surface area contributed by atoms with Gasteiger partial charge < -0.3 is 14.0 Å². The molecule has 1 aromatic carbocycles. The van der Waals surface area contributed by atoms with Gasteiger partial charge in [0.1, 0.15) is 17.0 Å². The normalized spacial score (nSPS) is 10.8. The van der Waals surface area contributed by atoms with Crippen molar-refractivity contribution in [1.82, 2.24) is 14.2 Å². The lowest BCUT2D eigenvalue weighted by Crippen LogP contribution is -2.27. The molecule has 130 valence electrons. The summed E-state index contributed by atoms with van der Waals surface area (Å²) in [6.45, 7) is 2.50. The van der Waals surface area contributed by atoms with Crippen LogP contribution in [-0.4, -0.2) is 33.9 Å². The van der Waals surface area contributed by atoms with Crippen molar-refractivity contribution in [3.8, 4) is 5.75 Å². The molecule has 0 radical (unpaired) electrons. The highest BCUT2D eigenvalue weighted by molar-refractivity contribution is 5.88. The van der Waals surface area contributed by atoms with E-state index < -0.39 is 11.5 Å². The number of esters is 1. The first-order chi connectivity index (χ1) is 12.1. The van der Waals surface area contributed by atoms with E-state index in [4.69, 9.17) is 9.47 Å². The van der Waals surface area contributed by atoms with Crippen molar-refractivity contribution in [2.24, 2.45) is 0 Å². The minimum atomic E-state index is -0.636. The summed E-state index contributed by atoms with van der Waals surface area (Å²) in [4.78, 5) is 24.4. The second kappa shape index (κ2) is 7.21. The molecular formula is C18H19N3O4. The van der Waals surface area contributed by atoms with Crippen LogP contribution in [0.2, 0.25) is 0 Å². The first-order valence-electron chi connectivity index (χ1n) is 8.01. The molecule has 0 aliphatic heterocycles. The molecule has 0 unspecified atom stereocenters. The molecule has 2 heterocycles. The highest BCUT2D eigenvalue weighted by Crippen LogP contribution is 2.13. The first kappa shape index (κ1) is 16.8. The van der Waals surface area contributed by atoms with Crippen molar-refractivity contribution in [2.75, 3.05) is 13.7 Å². The van der Waals surface area contributed by atoms with Gasteiger partial charge in [-0.05, 0) is 31.0 Å². The fraction of sp³-hybridized carbons (Fsp3) is 0.278. The number of ether oxygens (including phenoxy) is 2. The quantitative estimate of drug-likeness (QED) is 0.641. The summed E-state index contributed by atoms with van der Waals surface area (Å²) in [5, 5.41) is 4.02. The van der Waals surface area contributed by atoms with Crippen LogP contribution >= 0.6 is 0 Å². The predicted molar refractivity (Wildman–Crippen MR) is 92.1 cm³/mol. The largest absolute Gasteiger partial charge is 0.497 e. The molecule has 0 amide bonds. The number of rotatable bonds is 6. The van der Waals surface area contributed by atoms with E-state index in [9.17, 15) is 9.59 Å². The van der Waals surface area contributed by atoms with Crippen LogP contribution in [0.25, 0.3) is 5.65 Å². The molecule has 25 heavy (non-hydrogen) atoms. The van der Waals surface area contributed by atoms with E-state index in [0.717, 1.165) is 17.7 Å². The summed E-state index contributed by atoms with van der Waals surface area (Å²) in [6, 6.07) is 9.52. The molecule has 7 heteroatoms. The van der Waals surface area contributed by atoms with E-state index in [1.165, 1.54) is 10.7 Å². The van der Waals surface area contributed by atoms with Crippen LogP contribution in [0, 0.1) is 0 Å². The zero-order valence-electron chi connectivity index (χ0n) is 14.1. The Hall–Kier alpha value is -3.09. The van der Waals surface area contributed by atoms with Crippen molar-refractivity contribution in [3.63, 3.8) is 0 Å². The van der Waals surface area contributed by atoms with Gasteiger partial charge in [0.15, 0.2) is 0 Å². The number of fused-ring (bicyclic) bond motifs is 1. The maximum absolute atomic E-state index is 12.4. The molecule has 0 fully saturated rings. The van der Waals surface area contributed by atoms with Gasteiger partial charge in [0.2, 0.25) is 0 Å². The lowest BCUT2D eigenvalue weighted by molar-refractivity contribution is 0.0522. The van der Waals surface area contributed by atoms with Crippen molar-refractivity contribution >= 4 is 11.6 Å². The molecule has 0 saturated heterocycles. The van der Waals surface area contributed by atoms with Gasteiger partial charge in [-0.3, -0.25) is 4.79 Å². The monoisotopic (exact) mass is 341 g/mol. The Morgan fingerprint density at radius 1 is 1.20 bits per heavy atom. The van der Waals surface area contributed by atoms with Crippen molar-refractivity contribution in [3.05, 3.63) is 64.2 Å². The Labute approximate surface area is 144 Å². The van der Waals surface area contributed by atoms with Gasteiger partial charge in [0.05, 0.1) is 19.9 Å². The fourth-order valence-electron chi connectivity index (χ4n) is 2.63. The smallest absolute Gasteiger partial charge is 0.345 e. The number of hydrogen-bond acceptors (Lipinski definition) is 5. The summed E-state index contributed by atoms with van der Waals surface area (Å²) in [6.07, 6.45) is 3.81. The van der Waals surface area contributed by atoms with Crippen molar-refractivity contribution < 1.29 is 14.3 Å². The highest BCUT2D eigenvalue weighted by atomic mass is 16.5. The topological polar surface area (TPSA) is 74.8 Å². The molecule has 0 atom stereocenters. The second-order valence-corrected chi connectivity index (χ2v) is 5.46. The number of nitrogens with zero attached hydrogens (tertiary/aromatic N) is 3.